The highest BCUT2D eigenvalue weighted by Crippen LogP contribution is 2.38. The number of rotatable bonds is 6. The molecule has 2 aliphatic rings. The second kappa shape index (κ2) is 9.52. The number of benzene rings is 1. The van der Waals surface area contributed by atoms with Gasteiger partial charge in [0.05, 0.1) is 25.3 Å². The Morgan fingerprint density at radius 3 is 2.62 bits per heavy atom. The average Bonchev–Trinajstić information content (AvgIpc) is 3.11. The van der Waals surface area contributed by atoms with Crippen molar-refractivity contribution >= 4 is 28.2 Å². The van der Waals surface area contributed by atoms with Crippen molar-refractivity contribution in [2.75, 3.05) is 38.2 Å². The van der Waals surface area contributed by atoms with Crippen LogP contribution in [0.3, 0.4) is 0 Å². The van der Waals surface area contributed by atoms with Crippen molar-refractivity contribution in [2.24, 2.45) is 0 Å². The van der Waals surface area contributed by atoms with Crippen molar-refractivity contribution in [3.05, 3.63) is 51.9 Å². The molecule has 6 nitrogen and oxygen atoms in total. The Balaban J connectivity index is 1.48. The first-order valence-corrected chi connectivity index (χ1v) is 11.1. The van der Waals surface area contributed by atoms with Crippen molar-refractivity contribution in [1.29, 1.82) is 0 Å². The highest BCUT2D eigenvalue weighted by molar-refractivity contribution is 7.17. The molecule has 0 unspecified atom stereocenters. The fourth-order valence-electron chi connectivity index (χ4n) is 3.89. The predicted octanol–water partition coefficient (Wildman–Crippen LogP) is 2.83. The van der Waals surface area contributed by atoms with E-state index < -0.39 is 0 Å². The van der Waals surface area contributed by atoms with Crippen LogP contribution in [-0.4, -0.2) is 49.6 Å². The van der Waals surface area contributed by atoms with Gasteiger partial charge in [0.1, 0.15) is 5.00 Å². The van der Waals surface area contributed by atoms with Crippen molar-refractivity contribution in [2.45, 2.75) is 32.2 Å². The highest BCUT2D eigenvalue weighted by atomic mass is 32.1. The van der Waals surface area contributed by atoms with Crippen molar-refractivity contribution in [3.8, 4) is 0 Å². The number of carbonyl (C=O) groups is 2. The topological polar surface area (TPSA) is 70.7 Å². The molecule has 0 radical (unpaired) electrons. The van der Waals surface area contributed by atoms with Gasteiger partial charge in [-0.1, -0.05) is 30.3 Å². The normalized spacial score (nSPS) is 16.8. The number of amides is 2. The predicted molar refractivity (Wildman–Crippen MR) is 114 cm³/mol. The molecule has 1 saturated heterocycles. The summed E-state index contributed by atoms with van der Waals surface area (Å²) in [6.07, 6.45) is 4.11. The smallest absolute Gasteiger partial charge is 0.254 e. The van der Waals surface area contributed by atoms with Crippen LogP contribution in [-0.2, 0) is 28.9 Å². The molecular formula is C22H27N3O3S. The van der Waals surface area contributed by atoms with Gasteiger partial charge in [0.25, 0.3) is 5.91 Å². The van der Waals surface area contributed by atoms with Crippen LogP contribution in [0.1, 0.15) is 39.2 Å². The fraction of sp³-hybridized carbons (Fsp3) is 0.455. The fourth-order valence-corrected chi connectivity index (χ4v) is 5.19. The molecule has 1 aromatic heterocycles. The average molecular weight is 414 g/mol. The standard InChI is InChI=1S/C22H27N3O3S/c26-19(15-25-10-12-28-13-11-25)24-22-20(17-8-4-5-9-18(17)29-22)21(27)23-14-16-6-2-1-3-7-16/h1-3,6-7H,4-5,8-15H2,(H,23,27)(H,24,26). The summed E-state index contributed by atoms with van der Waals surface area (Å²) in [5, 5.41) is 6.76. The van der Waals surface area contributed by atoms with Crippen LogP contribution in [0.5, 0.6) is 0 Å². The zero-order valence-corrected chi connectivity index (χ0v) is 17.4. The van der Waals surface area contributed by atoms with E-state index in [2.05, 4.69) is 15.5 Å². The van der Waals surface area contributed by atoms with E-state index in [0.717, 1.165) is 49.9 Å². The minimum Gasteiger partial charge on any atom is -0.379 e. The number of nitrogens with one attached hydrogen (secondary N) is 2. The molecule has 1 fully saturated rings. The lowest BCUT2D eigenvalue weighted by Gasteiger charge is -2.25. The number of carbonyl (C=O) groups excluding carboxylic acids is 2. The molecule has 0 atom stereocenters. The van der Waals surface area contributed by atoms with Gasteiger partial charge in [-0.25, -0.2) is 0 Å². The number of morpholine rings is 1. The summed E-state index contributed by atoms with van der Waals surface area (Å²) in [5.41, 5.74) is 2.84. The molecule has 2 aromatic rings. The van der Waals surface area contributed by atoms with Gasteiger partial charge < -0.3 is 15.4 Å². The van der Waals surface area contributed by atoms with E-state index in [1.165, 1.54) is 4.88 Å². The van der Waals surface area contributed by atoms with Crippen molar-refractivity contribution < 1.29 is 14.3 Å². The zero-order chi connectivity index (χ0) is 20.1. The van der Waals surface area contributed by atoms with Gasteiger partial charge in [0, 0.05) is 24.5 Å². The Bertz CT molecular complexity index is 860. The second-order valence-corrected chi connectivity index (χ2v) is 8.63. The van der Waals surface area contributed by atoms with Gasteiger partial charge in [-0.05, 0) is 36.8 Å². The molecule has 0 saturated carbocycles. The lowest BCUT2D eigenvalue weighted by Crippen LogP contribution is -2.41. The maximum atomic E-state index is 13.1. The minimum absolute atomic E-state index is 0.0670. The Labute approximate surface area is 175 Å². The first-order chi connectivity index (χ1) is 14.2. The summed E-state index contributed by atoms with van der Waals surface area (Å²) in [4.78, 5) is 29.0. The van der Waals surface area contributed by atoms with E-state index in [-0.39, 0.29) is 11.8 Å². The molecule has 0 spiro atoms. The molecule has 7 heteroatoms. The SMILES string of the molecule is O=C(CN1CCOCC1)Nc1sc2c(c1C(=O)NCc1ccccc1)CCCC2. The molecule has 29 heavy (non-hydrogen) atoms. The van der Waals surface area contributed by atoms with Crippen molar-refractivity contribution in [1.82, 2.24) is 10.2 Å². The van der Waals surface area contributed by atoms with Crippen LogP contribution in [0.4, 0.5) is 5.00 Å². The quantitative estimate of drug-likeness (QED) is 0.764. The number of hydrogen-bond acceptors (Lipinski definition) is 5. The summed E-state index contributed by atoms with van der Waals surface area (Å²) in [5.74, 6) is -0.169. The van der Waals surface area contributed by atoms with E-state index in [1.54, 1.807) is 11.3 Å². The molecule has 1 aliphatic carbocycles. The monoisotopic (exact) mass is 413 g/mol. The highest BCUT2D eigenvalue weighted by Gasteiger charge is 2.26. The van der Waals surface area contributed by atoms with Crippen LogP contribution < -0.4 is 10.6 Å². The summed E-state index contributed by atoms with van der Waals surface area (Å²) in [6, 6.07) is 9.88. The summed E-state index contributed by atoms with van der Waals surface area (Å²) < 4.78 is 5.34. The molecule has 0 bridgehead atoms. The van der Waals surface area contributed by atoms with E-state index in [9.17, 15) is 9.59 Å². The summed E-state index contributed by atoms with van der Waals surface area (Å²) in [6.45, 7) is 3.65. The molecule has 2 amide bonds. The van der Waals surface area contributed by atoms with Gasteiger partial charge in [0.2, 0.25) is 5.91 Å². The third-order valence-corrected chi connectivity index (χ3v) is 6.63. The Kier molecular flexibility index (Phi) is 6.59. The third kappa shape index (κ3) is 5.04. The van der Waals surface area contributed by atoms with Crippen LogP contribution in [0, 0.1) is 0 Å². The molecule has 154 valence electrons. The zero-order valence-electron chi connectivity index (χ0n) is 16.5. The summed E-state index contributed by atoms with van der Waals surface area (Å²) in [7, 11) is 0. The van der Waals surface area contributed by atoms with Crippen LogP contribution in [0.2, 0.25) is 0 Å². The van der Waals surface area contributed by atoms with Gasteiger partial charge >= 0.3 is 0 Å². The Morgan fingerprint density at radius 2 is 1.83 bits per heavy atom. The molecule has 2 heterocycles. The van der Waals surface area contributed by atoms with E-state index in [0.29, 0.717) is 36.9 Å². The number of anilines is 1. The van der Waals surface area contributed by atoms with E-state index >= 15 is 0 Å². The molecule has 1 aromatic carbocycles. The van der Waals surface area contributed by atoms with Crippen LogP contribution in [0.25, 0.3) is 0 Å². The number of fused-ring (bicyclic) bond motifs is 1. The Morgan fingerprint density at radius 1 is 1.07 bits per heavy atom. The lowest BCUT2D eigenvalue weighted by molar-refractivity contribution is -0.118. The molecule has 4 rings (SSSR count). The maximum absolute atomic E-state index is 13.1. The van der Waals surface area contributed by atoms with E-state index in [4.69, 9.17) is 4.74 Å². The minimum atomic E-state index is -0.102. The Hall–Kier alpha value is -2.22. The number of thiophene rings is 1. The van der Waals surface area contributed by atoms with Gasteiger partial charge in [0.15, 0.2) is 0 Å². The maximum Gasteiger partial charge on any atom is 0.254 e. The second-order valence-electron chi connectivity index (χ2n) is 7.52. The summed E-state index contributed by atoms with van der Waals surface area (Å²) >= 11 is 1.57. The first-order valence-electron chi connectivity index (χ1n) is 10.3. The number of ether oxygens (including phenoxy) is 1. The van der Waals surface area contributed by atoms with Gasteiger partial charge in [-0.3, -0.25) is 14.5 Å². The van der Waals surface area contributed by atoms with Crippen molar-refractivity contribution in [3.63, 3.8) is 0 Å². The lowest BCUT2D eigenvalue weighted by atomic mass is 9.95. The number of aryl methyl sites for hydroxylation is 1. The van der Waals surface area contributed by atoms with Gasteiger partial charge in [-0.15, -0.1) is 11.3 Å². The van der Waals surface area contributed by atoms with Gasteiger partial charge in [-0.2, -0.15) is 0 Å². The number of nitrogens with zero attached hydrogens (tertiary/aromatic N) is 1. The molecular weight excluding hydrogens is 386 g/mol. The number of hydrogen-bond donors (Lipinski definition) is 2. The van der Waals surface area contributed by atoms with Crippen LogP contribution in [0.15, 0.2) is 30.3 Å². The third-order valence-electron chi connectivity index (χ3n) is 5.42. The molecule has 2 N–H and O–H groups in total. The molecule has 1 aliphatic heterocycles. The van der Waals surface area contributed by atoms with E-state index in [1.807, 2.05) is 30.3 Å². The first kappa shape index (κ1) is 20.1. The largest absolute Gasteiger partial charge is 0.379 e. The van der Waals surface area contributed by atoms with Crippen LogP contribution >= 0.6 is 11.3 Å².